The molecule has 0 radical (unpaired) electrons. The van der Waals surface area contributed by atoms with Crippen LogP contribution in [0.3, 0.4) is 0 Å². The zero-order valence-corrected chi connectivity index (χ0v) is 11.1. The highest BCUT2D eigenvalue weighted by atomic mass is 16.5. The topological polar surface area (TPSA) is 88.3 Å². The highest BCUT2D eigenvalue weighted by Crippen LogP contribution is 2.13. The molecular formula is C14H13N3O3. The fourth-order valence-corrected chi connectivity index (χ4v) is 1.61. The van der Waals surface area contributed by atoms with Gasteiger partial charge in [0.1, 0.15) is 6.61 Å². The summed E-state index contributed by atoms with van der Waals surface area (Å²) in [5.41, 5.74) is 1.89. The van der Waals surface area contributed by atoms with Gasteiger partial charge >= 0.3 is 6.01 Å². The van der Waals surface area contributed by atoms with Crippen molar-refractivity contribution < 1.29 is 14.4 Å². The molecule has 6 nitrogen and oxygen atoms in total. The van der Waals surface area contributed by atoms with Gasteiger partial charge in [-0.2, -0.15) is 4.98 Å². The Hall–Kier alpha value is -2.65. The molecule has 0 aliphatic heterocycles. The second-order valence-corrected chi connectivity index (χ2v) is 4.11. The van der Waals surface area contributed by atoms with Gasteiger partial charge in [0.15, 0.2) is 5.82 Å². The van der Waals surface area contributed by atoms with E-state index in [1.54, 1.807) is 25.1 Å². The molecule has 20 heavy (non-hydrogen) atoms. The van der Waals surface area contributed by atoms with E-state index in [1.807, 2.05) is 6.92 Å². The molecule has 1 aromatic carbocycles. The van der Waals surface area contributed by atoms with Crippen LogP contribution in [0.2, 0.25) is 0 Å². The van der Waals surface area contributed by atoms with Gasteiger partial charge < -0.3 is 9.63 Å². The van der Waals surface area contributed by atoms with Gasteiger partial charge in [0.25, 0.3) is 5.91 Å². The third-order valence-corrected chi connectivity index (χ3v) is 2.47. The van der Waals surface area contributed by atoms with Crippen molar-refractivity contribution >= 4 is 11.9 Å². The van der Waals surface area contributed by atoms with Gasteiger partial charge in [0.2, 0.25) is 0 Å². The molecule has 6 heteroatoms. The summed E-state index contributed by atoms with van der Waals surface area (Å²) in [5.74, 6) is 5.32. The molecule has 0 unspecified atom stereocenters. The first-order chi connectivity index (χ1) is 9.60. The summed E-state index contributed by atoms with van der Waals surface area (Å²) in [6, 6.07) is 5.28. The highest BCUT2D eigenvalue weighted by molar-refractivity contribution is 6.05. The van der Waals surface area contributed by atoms with Crippen LogP contribution in [0.1, 0.15) is 27.3 Å². The van der Waals surface area contributed by atoms with Crippen molar-refractivity contribution in [3.63, 3.8) is 0 Å². The number of aliphatic hydroxyl groups is 1. The lowest BCUT2D eigenvalue weighted by Crippen LogP contribution is -2.14. The number of nitrogens with one attached hydrogen (secondary N) is 1. The predicted molar refractivity (Wildman–Crippen MR) is 72.1 cm³/mol. The zero-order chi connectivity index (χ0) is 14.5. The monoisotopic (exact) mass is 271 g/mol. The van der Waals surface area contributed by atoms with Gasteiger partial charge in [-0.3, -0.25) is 10.1 Å². The van der Waals surface area contributed by atoms with Crippen LogP contribution in [0.25, 0.3) is 0 Å². The first kappa shape index (κ1) is 13.8. The molecule has 0 aliphatic carbocycles. The molecular weight excluding hydrogens is 258 g/mol. The van der Waals surface area contributed by atoms with Gasteiger partial charge in [0.05, 0.1) is 5.56 Å². The quantitative estimate of drug-likeness (QED) is 0.803. The van der Waals surface area contributed by atoms with E-state index < -0.39 is 5.91 Å². The number of nitrogens with zero attached hydrogens (tertiary/aromatic N) is 2. The second kappa shape index (κ2) is 5.99. The number of amides is 1. The number of carbonyl (C=O) groups is 1. The molecule has 0 saturated heterocycles. The van der Waals surface area contributed by atoms with Crippen LogP contribution in [0.5, 0.6) is 0 Å². The molecule has 2 N–H and O–H groups in total. The smallest absolute Gasteiger partial charge is 0.328 e. The van der Waals surface area contributed by atoms with E-state index in [2.05, 4.69) is 27.3 Å². The second-order valence-electron chi connectivity index (χ2n) is 4.11. The number of aliphatic hydroxyl groups excluding tert-OH is 1. The number of hydrogen-bond acceptors (Lipinski definition) is 5. The first-order valence-electron chi connectivity index (χ1n) is 5.92. The number of rotatable bonds is 2. The standard InChI is InChI=1S/C14H13N3O3/c1-9-5-6-12(11(8-9)4-3-7-18)13(19)16-14-15-10(2)17-20-14/h5-6,8,18H,7H2,1-2H3,(H,15,16,17,19). The summed E-state index contributed by atoms with van der Waals surface area (Å²) in [6.45, 7) is 3.29. The Kier molecular flexibility index (Phi) is 4.13. The molecule has 2 rings (SSSR count). The largest absolute Gasteiger partial charge is 0.384 e. The van der Waals surface area contributed by atoms with Crippen LogP contribution in [-0.2, 0) is 0 Å². The SMILES string of the molecule is Cc1ccc(C(=O)Nc2nc(C)no2)c(C#CCO)c1. The molecule has 0 atom stereocenters. The van der Waals surface area contributed by atoms with Crippen molar-refractivity contribution in [1.82, 2.24) is 10.1 Å². The van der Waals surface area contributed by atoms with Gasteiger partial charge in [-0.15, -0.1) is 0 Å². The fraction of sp³-hybridized carbons (Fsp3) is 0.214. The van der Waals surface area contributed by atoms with Gasteiger partial charge in [-0.25, -0.2) is 0 Å². The van der Waals surface area contributed by atoms with E-state index in [9.17, 15) is 4.79 Å². The zero-order valence-electron chi connectivity index (χ0n) is 11.1. The molecule has 0 bridgehead atoms. The van der Waals surface area contributed by atoms with Gasteiger partial charge in [0, 0.05) is 5.56 Å². The Labute approximate surface area is 115 Å². The summed E-state index contributed by atoms with van der Waals surface area (Å²) >= 11 is 0. The molecule has 1 heterocycles. The Bertz CT molecular complexity index is 695. The van der Waals surface area contributed by atoms with Crippen molar-refractivity contribution in [3.8, 4) is 11.8 Å². The third kappa shape index (κ3) is 3.22. The molecule has 1 amide bonds. The highest BCUT2D eigenvalue weighted by Gasteiger charge is 2.13. The average molecular weight is 271 g/mol. The summed E-state index contributed by atoms with van der Waals surface area (Å²) in [5, 5.41) is 14.9. The van der Waals surface area contributed by atoms with Gasteiger partial charge in [-0.05, 0) is 31.5 Å². The van der Waals surface area contributed by atoms with Crippen LogP contribution < -0.4 is 5.32 Å². The molecule has 0 saturated carbocycles. The number of hydrogen-bond donors (Lipinski definition) is 2. The number of anilines is 1. The Morgan fingerprint density at radius 2 is 2.25 bits per heavy atom. The van der Waals surface area contributed by atoms with E-state index in [1.165, 1.54) is 0 Å². The lowest BCUT2D eigenvalue weighted by atomic mass is 10.0. The minimum Gasteiger partial charge on any atom is -0.384 e. The van der Waals surface area contributed by atoms with Crippen molar-refractivity contribution in [1.29, 1.82) is 0 Å². The van der Waals surface area contributed by atoms with Crippen LogP contribution in [0.4, 0.5) is 6.01 Å². The molecule has 1 aromatic heterocycles. The molecule has 2 aromatic rings. The molecule has 0 spiro atoms. The molecule has 102 valence electrons. The fourth-order valence-electron chi connectivity index (χ4n) is 1.61. The van der Waals surface area contributed by atoms with Crippen molar-refractivity contribution in [2.24, 2.45) is 0 Å². The predicted octanol–water partition coefficient (Wildman–Crippen LogP) is 1.28. The maximum absolute atomic E-state index is 12.1. The lowest BCUT2D eigenvalue weighted by molar-refractivity contribution is 0.102. The maximum atomic E-state index is 12.1. The Balaban J connectivity index is 2.29. The summed E-state index contributed by atoms with van der Waals surface area (Å²) < 4.78 is 4.83. The normalized spacial score (nSPS) is 9.75. The minimum absolute atomic E-state index is 0.0362. The van der Waals surface area contributed by atoms with Gasteiger partial charge in [-0.1, -0.05) is 23.1 Å². The number of carbonyl (C=O) groups excluding carboxylic acids is 1. The average Bonchev–Trinajstić information content (AvgIpc) is 2.81. The first-order valence-corrected chi connectivity index (χ1v) is 5.92. The Morgan fingerprint density at radius 1 is 1.45 bits per heavy atom. The van der Waals surface area contributed by atoms with Crippen LogP contribution in [-0.4, -0.2) is 27.8 Å². The lowest BCUT2D eigenvalue weighted by Gasteiger charge is -2.04. The van der Waals surface area contributed by atoms with E-state index in [-0.39, 0.29) is 12.6 Å². The van der Waals surface area contributed by atoms with Crippen LogP contribution in [0.15, 0.2) is 22.7 Å². The maximum Gasteiger partial charge on any atom is 0.328 e. The van der Waals surface area contributed by atoms with Crippen molar-refractivity contribution in [3.05, 3.63) is 40.7 Å². The van der Waals surface area contributed by atoms with E-state index in [0.717, 1.165) is 5.56 Å². The van der Waals surface area contributed by atoms with E-state index in [0.29, 0.717) is 17.0 Å². The molecule has 0 aliphatic rings. The minimum atomic E-state index is -0.393. The van der Waals surface area contributed by atoms with Crippen LogP contribution >= 0.6 is 0 Å². The summed E-state index contributed by atoms with van der Waals surface area (Å²) in [6.07, 6.45) is 0. The van der Waals surface area contributed by atoms with Crippen LogP contribution in [0, 0.1) is 25.7 Å². The number of aromatic nitrogens is 2. The number of aryl methyl sites for hydroxylation is 2. The van der Waals surface area contributed by atoms with Crippen molar-refractivity contribution in [2.75, 3.05) is 11.9 Å². The summed E-state index contributed by atoms with van der Waals surface area (Å²) in [4.78, 5) is 16.0. The van der Waals surface area contributed by atoms with E-state index in [4.69, 9.17) is 9.63 Å². The van der Waals surface area contributed by atoms with E-state index >= 15 is 0 Å². The summed E-state index contributed by atoms with van der Waals surface area (Å²) in [7, 11) is 0. The molecule has 0 fully saturated rings. The van der Waals surface area contributed by atoms with Crippen molar-refractivity contribution in [2.45, 2.75) is 13.8 Å². The Morgan fingerprint density at radius 3 is 2.90 bits per heavy atom. The third-order valence-electron chi connectivity index (χ3n) is 2.47. The number of benzene rings is 1.